The molecule has 3 N–H and O–H groups in total. The predicted octanol–water partition coefficient (Wildman–Crippen LogP) is 3.35. The van der Waals surface area contributed by atoms with Gasteiger partial charge in [0.1, 0.15) is 0 Å². The van der Waals surface area contributed by atoms with Crippen LogP contribution in [-0.4, -0.2) is 95.6 Å². The van der Waals surface area contributed by atoms with Gasteiger partial charge in [0.25, 0.3) is 0 Å². The quantitative estimate of drug-likeness (QED) is 0.257. The van der Waals surface area contributed by atoms with Crippen LogP contribution in [-0.2, 0) is 13.6 Å². The maximum atomic E-state index is 12.5. The fourth-order valence-electron chi connectivity index (χ4n) is 6.89. The fourth-order valence-corrected chi connectivity index (χ4v) is 6.89. The Morgan fingerprint density at radius 1 is 1.04 bits per heavy atom. The zero-order chi connectivity index (χ0) is 31.8. The number of fused-ring (bicyclic) bond motifs is 1. The van der Waals surface area contributed by atoms with Gasteiger partial charge in [-0.15, -0.1) is 0 Å². The lowest BCUT2D eigenvalue weighted by molar-refractivity contribution is 0.0986. The molecule has 2 fully saturated rings. The Morgan fingerprint density at radius 3 is 2.54 bits per heavy atom. The topological polar surface area (TPSA) is 128 Å². The molecule has 240 valence electrons. The number of carbonyl (C=O) groups is 1. The van der Waals surface area contributed by atoms with Gasteiger partial charge in [0.15, 0.2) is 5.65 Å². The Hall–Kier alpha value is -4.39. The van der Waals surface area contributed by atoms with Crippen molar-refractivity contribution >= 4 is 16.9 Å². The number of pyridine rings is 1. The predicted molar refractivity (Wildman–Crippen MR) is 178 cm³/mol. The summed E-state index contributed by atoms with van der Waals surface area (Å²) in [4.78, 5) is 27.0. The zero-order valence-corrected chi connectivity index (χ0v) is 26.9. The van der Waals surface area contributed by atoms with Crippen molar-refractivity contribution in [3.63, 3.8) is 0 Å². The maximum Gasteiger partial charge on any atom is 0.249 e. The molecule has 2 saturated heterocycles. The van der Waals surface area contributed by atoms with Crippen molar-refractivity contribution in [2.45, 2.75) is 39.2 Å². The summed E-state index contributed by atoms with van der Waals surface area (Å²) in [7, 11) is 1.90. The second-order valence-corrected chi connectivity index (χ2v) is 13.0. The van der Waals surface area contributed by atoms with Gasteiger partial charge < -0.3 is 20.5 Å². The molecule has 4 aromatic heterocycles. The maximum absolute atomic E-state index is 12.5. The second-order valence-electron chi connectivity index (χ2n) is 13.0. The molecule has 12 nitrogen and oxygen atoms in total. The molecule has 6 heterocycles. The second kappa shape index (κ2) is 12.8. The van der Waals surface area contributed by atoms with E-state index in [9.17, 15) is 4.79 Å². The summed E-state index contributed by atoms with van der Waals surface area (Å²) >= 11 is 0. The third-order valence-corrected chi connectivity index (χ3v) is 9.41. The summed E-state index contributed by atoms with van der Waals surface area (Å²) in [5.74, 6) is 0.527. The van der Waals surface area contributed by atoms with Crippen LogP contribution in [0.3, 0.4) is 0 Å². The van der Waals surface area contributed by atoms with Crippen LogP contribution in [0.5, 0.6) is 0 Å². The number of hydrogen-bond donors (Lipinski definition) is 2. The molecular formula is C34H43N11O. The summed E-state index contributed by atoms with van der Waals surface area (Å²) in [6.45, 7) is 12.4. The van der Waals surface area contributed by atoms with E-state index >= 15 is 0 Å². The number of piperazine rings is 1. The Bertz CT molecular complexity index is 1840. The monoisotopic (exact) mass is 621 g/mol. The number of imidazole rings is 1. The number of hydrogen-bond acceptors (Lipinski definition) is 8. The van der Waals surface area contributed by atoms with Gasteiger partial charge in [0.05, 0.1) is 40.7 Å². The minimum Gasteiger partial charge on any atom is -0.366 e. The average Bonchev–Trinajstić information content (AvgIpc) is 3.81. The van der Waals surface area contributed by atoms with Gasteiger partial charge in [-0.25, -0.2) is 14.6 Å². The molecule has 46 heavy (non-hydrogen) atoms. The lowest BCUT2D eigenvalue weighted by Crippen LogP contribution is -2.48. The molecule has 0 spiro atoms. The lowest BCUT2D eigenvalue weighted by atomic mass is 9.97. The van der Waals surface area contributed by atoms with Crippen LogP contribution in [0.15, 0.2) is 55.4 Å². The van der Waals surface area contributed by atoms with Crippen molar-refractivity contribution in [1.82, 2.24) is 49.2 Å². The lowest BCUT2D eigenvalue weighted by Gasteiger charge is -2.37. The van der Waals surface area contributed by atoms with Gasteiger partial charge in [0.2, 0.25) is 5.91 Å². The molecule has 12 heteroatoms. The first-order chi connectivity index (χ1) is 22.3. The molecule has 0 radical (unpaired) electrons. The van der Waals surface area contributed by atoms with E-state index < -0.39 is 5.91 Å². The van der Waals surface area contributed by atoms with Crippen molar-refractivity contribution in [3.8, 4) is 22.6 Å². The van der Waals surface area contributed by atoms with E-state index in [2.05, 4.69) is 45.1 Å². The first-order valence-electron chi connectivity index (χ1n) is 16.3. The van der Waals surface area contributed by atoms with Crippen LogP contribution >= 0.6 is 0 Å². The van der Waals surface area contributed by atoms with E-state index in [0.717, 1.165) is 90.1 Å². The number of amides is 1. The highest BCUT2D eigenvalue weighted by Gasteiger charge is 2.24. The molecule has 0 saturated carbocycles. The molecule has 7 rings (SSSR count). The highest BCUT2D eigenvalue weighted by molar-refractivity contribution is 5.95. The Labute approximate surface area is 269 Å². The Kier molecular flexibility index (Phi) is 8.41. The number of nitrogens with one attached hydrogen (secondary N) is 1. The summed E-state index contributed by atoms with van der Waals surface area (Å²) in [5.41, 5.74) is 12.7. The smallest absolute Gasteiger partial charge is 0.249 e. The Balaban J connectivity index is 1.18. The number of carbonyl (C=O) groups excluding carboxylic acids is 1. The first-order valence-corrected chi connectivity index (χ1v) is 16.3. The van der Waals surface area contributed by atoms with E-state index in [0.29, 0.717) is 12.1 Å². The summed E-state index contributed by atoms with van der Waals surface area (Å²) in [5, 5.41) is 13.8. The summed E-state index contributed by atoms with van der Waals surface area (Å²) < 4.78 is 5.70. The first kappa shape index (κ1) is 30.3. The third-order valence-electron chi connectivity index (χ3n) is 9.41. The number of primary amides is 1. The van der Waals surface area contributed by atoms with Crippen molar-refractivity contribution < 1.29 is 4.79 Å². The van der Waals surface area contributed by atoms with Gasteiger partial charge in [0, 0.05) is 76.0 Å². The highest BCUT2D eigenvalue weighted by Crippen LogP contribution is 2.32. The number of aromatic nitrogens is 7. The van der Waals surface area contributed by atoms with Crippen molar-refractivity contribution in [2.75, 3.05) is 45.8 Å². The summed E-state index contributed by atoms with van der Waals surface area (Å²) in [6.07, 6.45) is 11.9. The van der Waals surface area contributed by atoms with Crippen LogP contribution in [0.1, 0.15) is 54.2 Å². The van der Waals surface area contributed by atoms with Crippen LogP contribution in [0.25, 0.3) is 33.7 Å². The largest absolute Gasteiger partial charge is 0.366 e. The van der Waals surface area contributed by atoms with Crippen molar-refractivity contribution in [2.24, 2.45) is 18.7 Å². The number of aryl methyl sites for hydroxylation is 1. The molecule has 1 aromatic carbocycles. The minimum absolute atomic E-state index is 0.151. The SMILES string of the molecule is CC(C)c1nn(-c2ccc(C(N)=O)c(CN3CCN(CC4CCNCC4)CC3)c2)c2nccc(-n3cnc(-c4cnn(C)c4)c3)c12. The number of rotatable bonds is 9. The molecule has 2 aliphatic rings. The minimum atomic E-state index is -0.413. The van der Waals surface area contributed by atoms with Gasteiger partial charge in [-0.05, 0) is 67.6 Å². The van der Waals surface area contributed by atoms with E-state index in [-0.39, 0.29) is 5.92 Å². The van der Waals surface area contributed by atoms with Crippen molar-refractivity contribution in [3.05, 3.63) is 72.2 Å². The van der Waals surface area contributed by atoms with E-state index in [1.807, 2.05) is 65.6 Å². The molecule has 0 bridgehead atoms. The fraction of sp³-hybridized carbons (Fsp3) is 0.441. The van der Waals surface area contributed by atoms with Gasteiger partial charge in [-0.3, -0.25) is 14.4 Å². The van der Waals surface area contributed by atoms with Crippen LogP contribution in [0.4, 0.5) is 0 Å². The zero-order valence-electron chi connectivity index (χ0n) is 26.9. The van der Waals surface area contributed by atoms with E-state index in [1.165, 1.54) is 19.4 Å². The highest BCUT2D eigenvalue weighted by atomic mass is 16.1. The molecule has 1 amide bonds. The normalized spacial score (nSPS) is 17.0. The number of nitrogens with zero attached hydrogens (tertiary/aromatic N) is 9. The molecule has 0 aliphatic carbocycles. The van der Waals surface area contributed by atoms with Crippen LogP contribution < -0.4 is 11.1 Å². The molecule has 0 unspecified atom stereocenters. The molecule has 2 aliphatic heterocycles. The Morgan fingerprint density at radius 2 is 1.83 bits per heavy atom. The summed E-state index contributed by atoms with van der Waals surface area (Å²) in [6, 6.07) is 7.82. The van der Waals surface area contributed by atoms with Gasteiger partial charge in [-0.2, -0.15) is 10.2 Å². The third kappa shape index (κ3) is 6.07. The van der Waals surface area contributed by atoms with Crippen molar-refractivity contribution in [1.29, 1.82) is 0 Å². The van der Waals surface area contributed by atoms with Gasteiger partial charge in [-0.1, -0.05) is 13.8 Å². The van der Waals surface area contributed by atoms with Gasteiger partial charge >= 0.3 is 0 Å². The van der Waals surface area contributed by atoms with Crippen LogP contribution in [0.2, 0.25) is 0 Å². The standard InChI is InChI=1S/C34H43N11O/c1-23(2)32-31-30(44-21-29(38-22-44)26-17-39-41(3)19-26)8-11-37-34(31)45(40-32)27-4-5-28(33(35)46)25(16-27)20-43-14-12-42(13-15-43)18-24-6-9-36-10-7-24/h4-5,8,11,16-17,19,21-24,36H,6-7,9-10,12-15,18,20H2,1-3H3,(H2,35,46). The number of piperidine rings is 1. The van der Waals surface area contributed by atoms with E-state index in [1.54, 1.807) is 4.68 Å². The number of benzene rings is 1. The van der Waals surface area contributed by atoms with E-state index in [4.69, 9.17) is 15.8 Å². The number of nitrogens with two attached hydrogens (primary N) is 1. The van der Waals surface area contributed by atoms with Crippen LogP contribution in [0, 0.1) is 5.92 Å². The molecule has 0 atom stereocenters. The molecule has 5 aromatic rings. The molecular weight excluding hydrogens is 578 g/mol. The average molecular weight is 622 g/mol.